The van der Waals surface area contributed by atoms with Crippen LogP contribution in [0, 0.1) is 11.8 Å². The van der Waals surface area contributed by atoms with E-state index >= 15 is 0 Å². The molecule has 6 nitrogen and oxygen atoms in total. The maximum Gasteiger partial charge on any atom is 0.328 e. The van der Waals surface area contributed by atoms with E-state index in [9.17, 15) is 14.4 Å². The van der Waals surface area contributed by atoms with Gasteiger partial charge in [0.05, 0.1) is 29.0 Å². The molecule has 1 fully saturated rings. The van der Waals surface area contributed by atoms with Crippen molar-refractivity contribution >= 4 is 28.5 Å². The molecule has 0 bridgehead atoms. The molecule has 1 aromatic carbocycles. The van der Waals surface area contributed by atoms with Crippen molar-refractivity contribution in [2.75, 3.05) is 7.11 Å². The van der Waals surface area contributed by atoms with Gasteiger partial charge in [-0.1, -0.05) is 17.7 Å². The van der Waals surface area contributed by atoms with Crippen molar-refractivity contribution < 1.29 is 9.53 Å². The number of H-pyrrole nitrogens is 1. The van der Waals surface area contributed by atoms with E-state index in [2.05, 4.69) is 4.98 Å². The monoisotopic (exact) mass is 350 g/mol. The normalized spacial score (nSPS) is 20.9. The molecule has 0 unspecified atom stereocenters. The van der Waals surface area contributed by atoms with Crippen LogP contribution >= 0.6 is 11.6 Å². The van der Waals surface area contributed by atoms with Crippen LogP contribution in [0.15, 0.2) is 27.8 Å². The predicted molar refractivity (Wildman–Crippen MR) is 91.3 cm³/mol. The Kier molecular flexibility index (Phi) is 4.76. The number of carbonyl (C=O) groups is 1. The number of esters is 1. The van der Waals surface area contributed by atoms with Gasteiger partial charge >= 0.3 is 11.7 Å². The summed E-state index contributed by atoms with van der Waals surface area (Å²) in [7, 11) is 1.40. The maximum atomic E-state index is 12.6. The lowest BCUT2D eigenvalue weighted by molar-refractivity contribution is -0.146. The van der Waals surface area contributed by atoms with Crippen molar-refractivity contribution in [2.45, 2.75) is 32.2 Å². The molecule has 0 amide bonds. The Bertz CT molecular complexity index is 878. The average molecular weight is 351 g/mol. The summed E-state index contributed by atoms with van der Waals surface area (Å²) in [6.45, 7) is 0.337. The molecule has 7 heteroatoms. The molecule has 24 heavy (non-hydrogen) atoms. The second-order valence-corrected chi connectivity index (χ2v) is 6.66. The number of rotatable bonds is 3. The molecule has 1 aromatic heterocycles. The van der Waals surface area contributed by atoms with Gasteiger partial charge in [0.25, 0.3) is 5.56 Å². The zero-order valence-electron chi connectivity index (χ0n) is 13.4. The highest BCUT2D eigenvalue weighted by atomic mass is 35.5. The van der Waals surface area contributed by atoms with Gasteiger partial charge in [-0.2, -0.15) is 0 Å². The van der Waals surface area contributed by atoms with Gasteiger partial charge in [0, 0.05) is 6.54 Å². The lowest BCUT2D eigenvalue weighted by Gasteiger charge is -2.27. The van der Waals surface area contributed by atoms with Crippen molar-refractivity contribution in [3.8, 4) is 0 Å². The van der Waals surface area contributed by atoms with Crippen molar-refractivity contribution in [2.24, 2.45) is 11.8 Å². The standard InChI is InChI=1S/C17H19ClN2O4/c1-24-16(22)11-7-5-10(6-8-11)9-20-15(21)14-12(18)3-2-4-13(14)19-17(20)23/h2-4,10-11H,5-9H2,1H3,(H,19,23). The molecule has 0 radical (unpaired) electrons. The highest BCUT2D eigenvalue weighted by Crippen LogP contribution is 2.30. The minimum atomic E-state index is -0.426. The topological polar surface area (TPSA) is 81.2 Å². The zero-order chi connectivity index (χ0) is 17.3. The number of halogens is 1. The van der Waals surface area contributed by atoms with Crippen LogP contribution < -0.4 is 11.2 Å². The predicted octanol–water partition coefficient (Wildman–Crippen LogP) is 2.32. The highest BCUT2D eigenvalue weighted by molar-refractivity contribution is 6.35. The molecule has 1 aliphatic rings. The number of benzene rings is 1. The summed E-state index contributed by atoms with van der Waals surface area (Å²) in [6.07, 6.45) is 3.01. The van der Waals surface area contributed by atoms with Crippen LogP contribution in [0.25, 0.3) is 10.9 Å². The Labute approximate surface area is 143 Å². The van der Waals surface area contributed by atoms with E-state index in [1.807, 2.05) is 0 Å². The van der Waals surface area contributed by atoms with Crippen molar-refractivity contribution in [3.05, 3.63) is 44.1 Å². The fraction of sp³-hybridized carbons (Fsp3) is 0.471. The third-order valence-electron chi connectivity index (χ3n) is 4.78. The van der Waals surface area contributed by atoms with E-state index in [-0.39, 0.29) is 23.4 Å². The number of hydrogen-bond donors (Lipinski definition) is 1. The SMILES string of the molecule is COC(=O)C1CCC(Cn2c(=O)[nH]c3cccc(Cl)c3c2=O)CC1. The molecule has 1 heterocycles. The minimum Gasteiger partial charge on any atom is -0.469 e. The summed E-state index contributed by atoms with van der Waals surface area (Å²) < 4.78 is 6.00. The molecule has 2 aromatic rings. The summed E-state index contributed by atoms with van der Waals surface area (Å²) in [5.74, 6) is -0.0714. The molecule has 1 saturated carbocycles. The second kappa shape index (κ2) is 6.81. The third-order valence-corrected chi connectivity index (χ3v) is 5.10. The van der Waals surface area contributed by atoms with Gasteiger partial charge in [-0.3, -0.25) is 14.2 Å². The van der Waals surface area contributed by atoms with Crippen LogP contribution in [-0.2, 0) is 16.1 Å². The van der Waals surface area contributed by atoms with Crippen LogP contribution in [-0.4, -0.2) is 22.6 Å². The smallest absolute Gasteiger partial charge is 0.328 e. The van der Waals surface area contributed by atoms with Gasteiger partial charge in [-0.25, -0.2) is 4.79 Å². The quantitative estimate of drug-likeness (QED) is 0.861. The number of nitrogens with one attached hydrogen (secondary N) is 1. The van der Waals surface area contributed by atoms with Gasteiger partial charge in [-0.15, -0.1) is 0 Å². The van der Waals surface area contributed by atoms with Gasteiger partial charge in [0.15, 0.2) is 0 Å². The van der Waals surface area contributed by atoms with Crippen LogP contribution in [0.3, 0.4) is 0 Å². The molecule has 0 atom stereocenters. The van der Waals surface area contributed by atoms with E-state index in [1.54, 1.807) is 18.2 Å². The zero-order valence-corrected chi connectivity index (χ0v) is 14.1. The molecule has 0 spiro atoms. The van der Waals surface area contributed by atoms with Crippen molar-refractivity contribution in [1.29, 1.82) is 0 Å². The Morgan fingerprint density at radius 2 is 2.00 bits per heavy atom. The number of carbonyl (C=O) groups excluding carboxylic acids is 1. The number of aromatic nitrogens is 2. The van der Waals surface area contributed by atoms with Crippen LogP contribution in [0.5, 0.6) is 0 Å². The lowest BCUT2D eigenvalue weighted by atomic mass is 9.82. The summed E-state index contributed by atoms with van der Waals surface area (Å²) in [6, 6.07) is 4.99. The summed E-state index contributed by atoms with van der Waals surface area (Å²) >= 11 is 6.11. The van der Waals surface area contributed by atoms with Crippen LogP contribution in [0.1, 0.15) is 25.7 Å². The maximum absolute atomic E-state index is 12.6. The Morgan fingerprint density at radius 1 is 1.29 bits per heavy atom. The molecule has 0 aliphatic heterocycles. The number of methoxy groups -OCH3 is 1. The van der Waals surface area contributed by atoms with Gasteiger partial charge in [0.1, 0.15) is 0 Å². The Balaban J connectivity index is 1.84. The van der Waals surface area contributed by atoms with Gasteiger partial charge in [0.2, 0.25) is 0 Å². The fourth-order valence-electron chi connectivity index (χ4n) is 3.43. The first-order chi connectivity index (χ1) is 11.5. The number of nitrogens with zero attached hydrogens (tertiary/aromatic N) is 1. The van der Waals surface area contributed by atoms with E-state index in [1.165, 1.54) is 11.7 Å². The molecular weight excluding hydrogens is 332 g/mol. The first kappa shape index (κ1) is 16.8. The van der Waals surface area contributed by atoms with Crippen LogP contribution in [0.4, 0.5) is 0 Å². The van der Waals surface area contributed by atoms with E-state index < -0.39 is 5.69 Å². The Morgan fingerprint density at radius 3 is 2.67 bits per heavy atom. The number of aromatic amines is 1. The average Bonchev–Trinajstić information content (AvgIpc) is 2.58. The van der Waals surface area contributed by atoms with E-state index in [0.29, 0.717) is 22.5 Å². The van der Waals surface area contributed by atoms with Crippen molar-refractivity contribution in [1.82, 2.24) is 9.55 Å². The number of fused-ring (bicyclic) bond motifs is 1. The summed E-state index contributed by atoms with van der Waals surface area (Å²) in [5, 5.41) is 0.666. The first-order valence-electron chi connectivity index (χ1n) is 8.00. The lowest BCUT2D eigenvalue weighted by Crippen LogP contribution is -2.38. The summed E-state index contributed by atoms with van der Waals surface area (Å²) in [5.41, 5.74) is -0.345. The van der Waals surface area contributed by atoms with E-state index in [0.717, 1.165) is 25.7 Å². The first-order valence-corrected chi connectivity index (χ1v) is 8.38. The summed E-state index contributed by atoms with van der Waals surface area (Å²) in [4.78, 5) is 39.2. The molecule has 1 N–H and O–H groups in total. The largest absolute Gasteiger partial charge is 0.469 e. The van der Waals surface area contributed by atoms with Gasteiger partial charge in [-0.05, 0) is 43.7 Å². The minimum absolute atomic E-state index is 0.0766. The number of hydrogen-bond acceptors (Lipinski definition) is 4. The molecule has 3 rings (SSSR count). The molecule has 128 valence electrons. The molecule has 0 saturated heterocycles. The highest BCUT2D eigenvalue weighted by Gasteiger charge is 2.27. The fourth-order valence-corrected chi connectivity index (χ4v) is 3.68. The second-order valence-electron chi connectivity index (χ2n) is 6.25. The van der Waals surface area contributed by atoms with Crippen molar-refractivity contribution in [3.63, 3.8) is 0 Å². The number of ether oxygens (including phenoxy) is 1. The molecule has 1 aliphatic carbocycles. The van der Waals surface area contributed by atoms with Gasteiger partial charge < -0.3 is 9.72 Å². The van der Waals surface area contributed by atoms with Crippen LogP contribution in [0.2, 0.25) is 5.02 Å². The Hall–Kier alpha value is -2.08. The molecular formula is C17H19ClN2O4. The van der Waals surface area contributed by atoms with E-state index in [4.69, 9.17) is 16.3 Å². The third kappa shape index (κ3) is 3.11.